The van der Waals surface area contributed by atoms with Gasteiger partial charge in [0.1, 0.15) is 0 Å². The van der Waals surface area contributed by atoms with Gasteiger partial charge in [0, 0.05) is 6.42 Å². The van der Waals surface area contributed by atoms with Crippen molar-refractivity contribution in [1.82, 2.24) is 0 Å². The maximum atomic E-state index is 10.8. The first kappa shape index (κ1) is 8.51. The van der Waals surface area contributed by atoms with Gasteiger partial charge in [0.15, 0.2) is 5.78 Å². The van der Waals surface area contributed by atoms with E-state index in [4.69, 9.17) is 0 Å². The van der Waals surface area contributed by atoms with Crippen LogP contribution >= 0.6 is 0 Å². The number of carbonyl (C=O) groups excluding carboxylic acids is 1. The summed E-state index contributed by atoms with van der Waals surface area (Å²) >= 11 is 0. The van der Waals surface area contributed by atoms with Crippen molar-refractivity contribution in [2.24, 2.45) is 0 Å². The number of carbonyl (C=O) groups is 1. The number of allylic oxidation sites excluding steroid dienone is 2. The number of unbranched alkanes of at least 4 members (excludes halogenated alkanes) is 3. The highest BCUT2D eigenvalue weighted by Crippen LogP contribution is 2.21. The zero-order chi connectivity index (χ0) is 8.10. The zero-order valence-electron chi connectivity index (χ0n) is 7.23. The number of ketones is 1. The Morgan fingerprint density at radius 3 is 2.64 bits per heavy atom. The summed E-state index contributed by atoms with van der Waals surface area (Å²) in [6.07, 6.45) is 8.85. The third-order valence-electron chi connectivity index (χ3n) is 2.18. The minimum Gasteiger partial charge on any atom is -0.295 e. The molecule has 0 spiro atoms. The second kappa shape index (κ2) is 4.32. The summed E-state index contributed by atoms with van der Waals surface area (Å²) in [5, 5.41) is 0. The molecule has 1 aliphatic rings. The predicted octanol–water partition coefficient (Wildman–Crippen LogP) is 2.86. The standard InChI is InChI=1S/C10H16O/c1-2-3-4-5-6-9-7-8-10(9)11/h6H,2-5,7-8H2,1H3/b9-6-. The SMILES string of the molecule is CCCCC/C=C1/CCC1=O. The normalized spacial score (nSPS) is 20.5. The Kier molecular flexibility index (Phi) is 3.34. The van der Waals surface area contributed by atoms with Crippen LogP contribution in [-0.4, -0.2) is 5.78 Å². The summed E-state index contributed by atoms with van der Waals surface area (Å²) in [5.74, 6) is 0.376. The van der Waals surface area contributed by atoms with Crippen molar-refractivity contribution < 1.29 is 4.79 Å². The van der Waals surface area contributed by atoms with Crippen molar-refractivity contribution in [2.75, 3.05) is 0 Å². The topological polar surface area (TPSA) is 17.1 Å². The summed E-state index contributed by atoms with van der Waals surface area (Å²) < 4.78 is 0. The maximum absolute atomic E-state index is 10.8. The lowest BCUT2D eigenvalue weighted by atomic mass is 9.89. The average molecular weight is 152 g/mol. The lowest BCUT2D eigenvalue weighted by Gasteiger charge is -2.14. The van der Waals surface area contributed by atoms with E-state index in [1.165, 1.54) is 19.3 Å². The van der Waals surface area contributed by atoms with Gasteiger partial charge in [-0.15, -0.1) is 0 Å². The Morgan fingerprint density at radius 1 is 1.36 bits per heavy atom. The van der Waals surface area contributed by atoms with Gasteiger partial charge < -0.3 is 0 Å². The quantitative estimate of drug-likeness (QED) is 0.447. The second-order valence-corrected chi connectivity index (χ2v) is 3.15. The van der Waals surface area contributed by atoms with Crippen LogP contribution in [0.1, 0.15) is 45.4 Å². The number of hydrogen-bond acceptors (Lipinski definition) is 1. The molecule has 0 aliphatic heterocycles. The molecule has 0 aromatic heterocycles. The Hall–Kier alpha value is -0.590. The minimum absolute atomic E-state index is 0.376. The van der Waals surface area contributed by atoms with Crippen LogP contribution in [0.25, 0.3) is 0 Å². The maximum Gasteiger partial charge on any atom is 0.158 e. The zero-order valence-corrected chi connectivity index (χ0v) is 7.23. The number of Topliss-reactive ketones (excluding diaryl/α,β-unsaturated/α-hetero) is 1. The van der Waals surface area contributed by atoms with Gasteiger partial charge in [-0.05, 0) is 24.8 Å². The molecule has 0 heterocycles. The summed E-state index contributed by atoms with van der Waals surface area (Å²) in [6.45, 7) is 2.20. The van der Waals surface area contributed by atoms with E-state index in [9.17, 15) is 4.79 Å². The van der Waals surface area contributed by atoms with Crippen molar-refractivity contribution in [1.29, 1.82) is 0 Å². The molecule has 0 radical (unpaired) electrons. The highest BCUT2D eigenvalue weighted by Gasteiger charge is 2.18. The Morgan fingerprint density at radius 2 is 2.18 bits per heavy atom. The number of hydrogen-bond donors (Lipinski definition) is 0. The fourth-order valence-electron chi connectivity index (χ4n) is 1.26. The van der Waals surface area contributed by atoms with Gasteiger partial charge in [0.25, 0.3) is 0 Å². The van der Waals surface area contributed by atoms with Crippen molar-refractivity contribution in [3.8, 4) is 0 Å². The fourth-order valence-corrected chi connectivity index (χ4v) is 1.26. The fraction of sp³-hybridized carbons (Fsp3) is 0.700. The highest BCUT2D eigenvalue weighted by atomic mass is 16.1. The summed E-state index contributed by atoms with van der Waals surface area (Å²) in [5.41, 5.74) is 1.08. The first-order valence-electron chi connectivity index (χ1n) is 4.57. The van der Waals surface area contributed by atoms with Crippen molar-refractivity contribution >= 4 is 5.78 Å². The van der Waals surface area contributed by atoms with Gasteiger partial charge in [-0.3, -0.25) is 4.79 Å². The highest BCUT2D eigenvalue weighted by molar-refractivity contribution is 6.01. The molecule has 0 bridgehead atoms. The number of rotatable bonds is 4. The third-order valence-corrected chi connectivity index (χ3v) is 2.18. The smallest absolute Gasteiger partial charge is 0.158 e. The van der Waals surface area contributed by atoms with E-state index in [1.54, 1.807) is 0 Å². The molecule has 1 fully saturated rings. The van der Waals surface area contributed by atoms with Gasteiger partial charge in [0.2, 0.25) is 0 Å². The van der Waals surface area contributed by atoms with Crippen molar-refractivity contribution in [3.05, 3.63) is 11.6 Å². The molecule has 11 heavy (non-hydrogen) atoms. The largest absolute Gasteiger partial charge is 0.295 e. The van der Waals surface area contributed by atoms with Crippen LogP contribution in [0, 0.1) is 0 Å². The van der Waals surface area contributed by atoms with Gasteiger partial charge in [-0.2, -0.15) is 0 Å². The van der Waals surface area contributed by atoms with Crippen molar-refractivity contribution in [2.45, 2.75) is 45.4 Å². The molecule has 1 aliphatic carbocycles. The molecule has 0 amide bonds. The molecule has 0 aromatic carbocycles. The monoisotopic (exact) mass is 152 g/mol. The summed E-state index contributed by atoms with van der Waals surface area (Å²) in [6, 6.07) is 0. The summed E-state index contributed by atoms with van der Waals surface area (Å²) in [4.78, 5) is 10.8. The van der Waals surface area contributed by atoms with Gasteiger partial charge in [0.05, 0.1) is 0 Å². The van der Waals surface area contributed by atoms with E-state index in [0.717, 1.165) is 24.8 Å². The van der Waals surface area contributed by atoms with E-state index >= 15 is 0 Å². The minimum atomic E-state index is 0.376. The molecule has 62 valence electrons. The van der Waals surface area contributed by atoms with Crippen LogP contribution in [0.4, 0.5) is 0 Å². The van der Waals surface area contributed by atoms with E-state index in [2.05, 4.69) is 13.0 Å². The van der Waals surface area contributed by atoms with E-state index < -0.39 is 0 Å². The second-order valence-electron chi connectivity index (χ2n) is 3.15. The first-order chi connectivity index (χ1) is 5.34. The van der Waals surface area contributed by atoms with Gasteiger partial charge in [-0.25, -0.2) is 0 Å². The molecular weight excluding hydrogens is 136 g/mol. The van der Waals surface area contributed by atoms with E-state index in [-0.39, 0.29) is 0 Å². The molecule has 0 unspecified atom stereocenters. The first-order valence-corrected chi connectivity index (χ1v) is 4.57. The molecule has 0 atom stereocenters. The van der Waals surface area contributed by atoms with E-state index in [1.807, 2.05) is 0 Å². The van der Waals surface area contributed by atoms with Gasteiger partial charge in [-0.1, -0.05) is 25.8 Å². The van der Waals surface area contributed by atoms with Crippen LogP contribution in [0.15, 0.2) is 11.6 Å². The molecule has 1 rings (SSSR count). The third kappa shape index (κ3) is 2.49. The van der Waals surface area contributed by atoms with Gasteiger partial charge >= 0.3 is 0 Å². The molecule has 1 saturated carbocycles. The molecular formula is C10H16O. The van der Waals surface area contributed by atoms with Crippen LogP contribution in [0.3, 0.4) is 0 Å². The Bertz CT molecular complexity index is 168. The van der Waals surface area contributed by atoms with E-state index in [0.29, 0.717) is 5.78 Å². The lowest BCUT2D eigenvalue weighted by molar-refractivity contribution is -0.118. The predicted molar refractivity (Wildman–Crippen MR) is 46.5 cm³/mol. The molecule has 0 aromatic rings. The van der Waals surface area contributed by atoms with Crippen LogP contribution < -0.4 is 0 Å². The average Bonchev–Trinajstić information content (AvgIpc) is 2.02. The Labute approximate surface area is 68.5 Å². The summed E-state index contributed by atoms with van der Waals surface area (Å²) in [7, 11) is 0. The molecule has 0 N–H and O–H groups in total. The lowest BCUT2D eigenvalue weighted by Crippen LogP contribution is -2.13. The van der Waals surface area contributed by atoms with Crippen LogP contribution in [-0.2, 0) is 4.79 Å². The molecule has 0 saturated heterocycles. The molecule has 1 nitrogen and oxygen atoms in total. The van der Waals surface area contributed by atoms with Crippen LogP contribution in [0.5, 0.6) is 0 Å². The van der Waals surface area contributed by atoms with Crippen molar-refractivity contribution in [3.63, 3.8) is 0 Å². The molecule has 1 heteroatoms. The van der Waals surface area contributed by atoms with Crippen LogP contribution in [0.2, 0.25) is 0 Å². The Balaban J connectivity index is 2.09.